The number of thioether (sulfide) groups is 1. The van der Waals surface area contributed by atoms with Gasteiger partial charge in [-0.25, -0.2) is 4.79 Å². The maximum atomic E-state index is 12.5. The predicted molar refractivity (Wildman–Crippen MR) is 95.5 cm³/mol. The molecule has 8 heteroatoms. The van der Waals surface area contributed by atoms with E-state index in [4.69, 9.17) is 4.43 Å². The van der Waals surface area contributed by atoms with Gasteiger partial charge in [0.15, 0.2) is 0 Å². The van der Waals surface area contributed by atoms with Crippen LogP contribution in [0.1, 0.15) is 6.92 Å². The molecule has 0 aromatic carbocycles. The van der Waals surface area contributed by atoms with Crippen LogP contribution < -0.4 is 4.98 Å². The molecule has 5 nitrogen and oxygen atoms in total. The van der Waals surface area contributed by atoms with Crippen LogP contribution in [0.2, 0.25) is 39.3 Å². The SMILES string of the molecule is CC1=C(C(=O)O[Si](C)(C)C)N2C(=O)[C@@H](N[Si](C)(C)C)[C@H]2SC1. The third-order valence-electron chi connectivity index (χ3n) is 3.34. The molecule has 1 amide bonds. The molecule has 0 bridgehead atoms. The van der Waals surface area contributed by atoms with Crippen molar-refractivity contribution < 1.29 is 14.0 Å². The lowest BCUT2D eigenvalue weighted by Gasteiger charge is -2.51. The zero-order chi connectivity index (χ0) is 16.9. The van der Waals surface area contributed by atoms with Gasteiger partial charge in [0.25, 0.3) is 0 Å². The van der Waals surface area contributed by atoms with Crippen molar-refractivity contribution in [2.45, 2.75) is 57.6 Å². The summed E-state index contributed by atoms with van der Waals surface area (Å²) in [5, 5.41) is 0.0205. The van der Waals surface area contributed by atoms with Gasteiger partial charge < -0.3 is 9.41 Å². The number of carbonyl (C=O) groups excluding carboxylic acids is 2. The Hall–Kier alpha value is -0.576. The molecule has 2 heterocycles. The second-order valence-electron chi connectivity index (χ2n) is 7.91. The standard InChI is InChI=1S/C14H26N2O3SSi2/c1-9-8-20-13-10(15-21(2,3)4)12(17)16(13)11(9)14(18)19-22(5,6)7/h10,13,15H,8H2,1-7H3/t10-,13-/m1/s1. The van der Waals surface area contributed by atoms with Crippen LogP contribution in [0.25, 0.3) is 0 Å². The van der Waals surface area contributed by atoms with Crippen LogP contribution >= 0.6 is 11.8 Å². The molecule has 124 valence electrons. The molecule has 0 saturated carbocycles. The second-order valence-corrected chi connectivity index (χ2v) is 18.2. The largest absolute Gasteiger partial charge is 0.515 e. The molecule has 1 N–H and O–H groups in total. The Morgan fingerprint density at radius 2 is 1.86 bits per heavy atom. The van der Waals surface area contributed by atoms with Crippen molar-refractivity contribution in [3.8, 4) is 0 Å². The van der Waals surface area contributed by atoms with Crippen LogP contribution in [0.5, 0.6) is 0 Å². The highest BCUT2D eigenvalue weighted by molar-refractivity contribution is 8.00. The Balaban J connectivity index is 2.20. The summed E-state index contributed by atoms with van der Waals surface area (Å²) in [5.74, 6) is 0.442. The molecule has 0 aromatic rings. The van der Waals surface area contributed by atoms with Crippen molar-refractivity contribution in [3.63, 3.8) is 0 Å². The number of nitrogens with zero attached hydrogens (tertiary/aromatic N) is 1. The summed E-state index contributed by atoms with van der Waals surface area (Å²) < 4.78 is 5.61. The Morgan fingerprint density at radius 3 is 2.36 bits per heavy atom. The molecule has 0 radical (unpaired) electrons. The quantitative estimate of drug-likeness (QED) is 0.617. The third-order valence-corrected chi connectivity index (χ3v) is 6.74. The van der Waals surface area contributed by atoms with Crippen LogP contribution in [0.3, 0.4) is 0 Å². The molecule has 2 atom stereocenters. The Kier molecular flexibility index (Phi) is 4.69. The van der Waals surface area contributed by atoms with E-state index in [2.05, 4.69) is 24.6 Å². The van der Waals surface area contributed by atoms with Gasteiger partial charge in [0.05, 0.1) is 0 Å². The van der Waals surface area contributed by atoms with E-state index in [1.807, 2.05) is 26.6 Å². The van der Waals surface area contributed by atoms with Gasteiger partial charge in [-0.2, -0.15) is 0 Å². The van der Waals surface area contributed by atoms with E-state index in [9.17, 15) is 9.59 Å². The number of rotatable bonds is 4. The van der Waals surface area contributed by atoms with Gasteiger partial charge >= 0.3 is 5.97 Å². The van der Waals surface area contributed by atoms with Gasteiger partial charge in [0, 0.05) is 5.75 Å². The number of hydrogen-bond acceptors (Lipinski definition) is 5. The number of amides is 1. The minimum atomic E-state index is -1.98. The molecule has 0 spiro atoms. The third kappa shape index (κ3) is 3.66. The Bertz CT molecular complexity index is 537. The van der Waals surface area contributed by atoms with Crippen LogP contribution in [0, 0.1) is 0 Å². The first-order valence-electron chi connectivity index (χ1n) is 7.56. The van der Waals surface area contributed by atoms with E-state index >= 15 is 0 Å². The number of nitrogens with one attached hydrogen (secondary N) is 1. The highest BCUT2D eigenvalue weighted by atomic mass is 32.2. The van der Waals surface area contributed by atoms with Crippen LogP contribution in [-0.4, -0.2) is 50.5 Å². The Morgan fingerprint density at radius 1 is 1.27 bits per heavy atom. The van der Waals surface area contributed by atoms with Crippen LogP contribution in [0.4, 0.5) is 0 Å². The van der Waals surface area contributed by atoms with Crippen molar-refractivity contribution in [3.05, 3.63) is 11.3 Å². The number of fused-ring (bicyclic) bond motifs is 1. The smallest absolute Gasteiger partial charge is 0.341 e. The van der Waals surface area contributed by atoms with E-state index in [1.54, 1.807) is 16.7 Å². The molecule has 1 fully saturated rings. The van der Waals surface area contributed by atoms with Crippen molar-refractivity contribution in [2.24, 2.45) is 0 Å². The van der Waals surface area contributed by atoms with E-state index in [-0.39, 0.29) is 23.3 Å². The number of β-lactam (4-membered cyclic amide) rings is 1. The van der Waals surface area contributed by atoms with E-state index in [1.165, 1.54) is 0 Å². The fraction of sp³-hybridized carbons (Fsp3) is 0.714. The monoisotopic (exact) mass is 358 g/mol. The zero-order valence-corrected chi connectivity index (χ0v) is 17.3. The fourth-order valence-electron chi connectivity index (χ4n) is 2.56. The average molecular weight is 359 g/mol. The van der Waals surface area contributed by atoms with Crippen molar-refractivity contribution in [1.82, 2.24) is 9.88 Å². The number of hydrogen-bond donors (Lipinski definition) is 1. The first-order chi connectivity index (χ1) is 9.91. The molecule has 0 aromatic heterocycles. The summed E-state index contributed by atoms with van der Waals surface area (Å²) in [6.07, 6.45) is 0. The van der Waals surface area contributed by atoms with Gasteiger partial charge in [-0.1, -0.05) is 19.6 Å². The molecule has 2 rings (SSSR count). The lowest BCUT2D eigenvalue weighted by molar-refractivity contribution is -0.147. The van der Waals surface area contributed by atoms with Gasteiger partial charge in [0.1, 0.15) is 25.3 Å². The molecular formula is C14H26N2O3SSi2. The summed E-state index contributed by atoms with van der Waals surface area (Å²) in [6.45, 7) is 14.4. The molecular weight excluding hydrogens is 332 g/mol. The maximum absolute atomic E-state index is 12.5. The van der Waals surface area contributed by atoms with Crippen molar-refractivity contribution in [2.75, 3.05) is 5.75 Å². The highest BCUT2D eigenvalue weighted by Gasteiger charge is 2.54. The van der Waals surface area contributed by atoms with Gasteiger partial charge in [-0.3, -0.25) is 9.69 Å². The molecule has 0 aliphatic carbocycles. The lowest BCUT2D eigenvalue weighted by Crippen LogP contribution is -2.73. The predicted octanol–water partition coefficient (Wildman–Crippen LogP) is 2.35. The summed E-state index contributed by atoms with van der Waals surface area (Å²) in [5.41, 5.74) is 1.41. The summed E-state index contributed by atoms with van der Waals surface area (Å²) in [4.78, 5) is 30.2. The van der Waals surface area contributed by atoms with Crippen LogP contribution in [0.15, 0.2) is 11.3 Å². The molecule has 22 heavy (non-hydrogen) atoms. The topological polar surface area (TPSA) is 58.6 Å². The van der Waals surface area contributed by atoms with E-state index in [0.29, 0.717) is 5.70 Å². The summed E-state index contributed by atoms with van der Waals surface area (Å²) >= 11 is 1.72. The molecule has 1 saturated heterocycles. The minimum Gasteiger partial charge on any atom is -0.515 e. The molecule has 2 aliphatic rings. The molecule has 2 aliphatic heterocycles. The highest BCUT2D eigenvalue weighted by Crippen LogP contribution is 2.41. The average Bonchev–Trinajstić information content (AvgIpc) is 2.32. The van der Waals surface area contributed by atoms with Gasteiger partial charge in [-0.15, -0.1) is 11.8 Å². The first kappa shape index (κ1) is 17.8. The fourth-order valence-corrected chi connectivity index (χ4v) is 5.84. The maximum Gasteiger partial charge on any atom is 0.341 e. The lowest BCUT2D eigenvalue weighted by atomic mass is 10.0. The van der Waals surface area contributed by atoms with Crippen molar-refractivity contribution in [1.29, 1.82) is 0 Å². The van der Waals surface area contributed by atoms with E-state index in [0.717, 1.165) is 11.3 Å². The van der Waals surface area contributed by atoms with E-state index < -0.39 is 16.6 Å². The number of carbonyl (C=O) groups is 2. The first-order valence-corrected chi connectivity index (χ1v) is 15.5. The minimum absolute atomic E-state index is 0.00139. The summed E-state index contributed by atoms with van der Waals surface area (Å²) in [6, 6.07) is -0.167. The second kappa shape index (κ2) is 5.81. The van der Waals surface area contributed by atoms with Crippen molar-refractivity contribution >= 4 is 40.2 Å². The van der Waals surface area contributed by atoms with Gasteiger partial charge in [-0.05, 0) is 32.1 Å². The molecule has 0 unspecified atom stereocenters. The normalized spacial score (nSPS) is 25.8. The Labute approximate surface area is 139 Å². The summed E-state index contributed by atoms with van der Waals surface area (Å²) in [7, 11) is -3.52. The van der Waals surface area contributed by atoms with Gasteiger partial charge in [0.2, 0.25) is 14.2 Å². The zero-order valence-electron chi connectivity index (χ0n) is 14.4. The van der Waals surface area contributed by atoms with Crippen LogP contribution in [-0.2, 0) is 14.0 Å².